The summed E-state index contributed by atoms with van der Waals surface area (Å²) >= 11 is 1.46. The van der Waals surface area contributed by atoms with E-state index in [1.807, 2.05) is 18.9 Å². The van der Waals surface area contributed by atoms with E-state index in [1.165, 1.54) is 23.9 Å². The lowest BCUT2D eigenvalue weighted by Gasteiger charge is -2.40. The largest absolute Gasteiger partial charge is 0.508 e. The number of imide groups is 1. The molecule has 9 amide bonds. The van der Waals surface area contributed by atoms with E-state index in [-0.39, 0.29) is 141 Å². The molecular weight excluding hydrogens is 1270 g/mol. The lowest BCUT2D eigenvalue weighted by Crippen LogP contribution is -2.51. The molecule has 1 fully saturated rings. The van der Waals surface area contributed by atoms with E-state index in [2.05, 4.69) is 66.1 Å². The Bertz CT molecular complexity index is 3030. The van der Waals surface area contributed by atoms with Crippen LogP contribution in [-0.2, 0) is 65.7 Å². The minimum absolute atomic E-state index is 0.00107. The van der Waals surface area contributed by atoms with Gasteiger partial charge in [-0.3, -0.25) is 57.9 Å². The number of rotatable bonds is 44. The molecule has 24 nitrogen and oxygen atoms in total. The summed E-state index contributed by atoms with van der Waals surface area (Å²) in [6.45, 7) is 19.5. The van der Waals surface area contributed by atoms with Crippen LogP contribution in [0.3, 0.4) is 0 Å². The summed E-state index contributed by atoms with van der Waals surface area (Å²) in [5, 5.41) is 24.6. The molecule has 5 rings (SSSR count). The number of Topliss-reactive ketones (excluding diaryl/α,β-unsaturated/α-hetero) is 3. The molecule has 0 radical (unpaired) electrons. The number of nitrogens with one attached hydrogen (secondary N) is 5. The number of nitrogens with two attached hydrogens (primary N) is 1. The number of thioether (sulfide) groups is 1. The normalized spacial score (nSPS) is 18.0. The molecule has 2 aromatic rings. The van der Waals surface area contributed by atoms with Crippen LogP contribution in [0.4, 0.5) is 15.3 Å². The summed E-state index contributed by atoms with van der Waals surface area (Å²) < 4.78 is 12.0. The van der Waals surface area contributed by atoms with Gasteiger partial charge in [0, 0.05) is 105 Å². The molecule has 98 heavy (non-hydrogen) atoms. The summed E-state index contributed by atoms with van der Waals surface area (Å²) in [7, 11) is 2.00. The minimum atomic E-state index is -0.883. The number of primary amides is 1. The van der Waals surface area contributed by atoms with Crippen molar-refractivity contribution < 1.29 is 67.3 Å². The van der Waals surface area contributed by atoms with Crippen LogP contribution in [-0.4, -0.2) is 178 Å². The number of phenolic OH excluding ortho intramolecular Hbond substituents is 1. The third-order valence-corrected chi connectivity index (χ3v) is 19.8. The summed E-state index contributed by atoms with van der Waals surface area (Å²) in [4.78, 5) is 156. The van der Waals surface area contributed by atoms with Crippen molar-refractivity contribution in [3.05, 3.63) is 71.8 Å². The zero-order chi connectivity index (χ0) is 72.0. The van der Waals surface area contributed by atoms with Gasteiger partial charge in [0.2, 0.25) is 23.6 Å². The van der Waals surface area contributed by atoms with Gasteiger partial charge in [-0.2, -0.15) is 0 Å². The fourth-order valence-electron chi connectivity index (χ4n) is 12.7. The second-order valence-corrected chi connectivity index (χ2v) is 28.3. The molecule has 2 aromatic carbocycles. The van der Waals surface area contributed by atoms with E-state index in [4.69, 9.17) is 20.2 Å². The Morgan fingerprint density at radius 1 is 0.796 bits per heavy atom. The second-order valence-electron chi connectivity index (χ2n) is 27.2. The third-order valence-electron chi connectivity index (χ3n) is 18.7. The predicted molar refractivity (Wildman–Crippen MR) is 379 cm³/mol. The number of unbranched alkanes of at least 4 members (excludes halogenated alkanes) is 2. The van der Waals surface area contributed by atoms with Crippen LogP contribution in [0.15, 0.2) is 65.7 Å². The van der Waals surface area contributed by atoms with Crippen LogP contribution in [0.5, 0.6) is 5.75 Å². The van der Waals surface area contributed by atoms with Gasteiger partial charge in [0.15, 0.2) is 17.3 Å². The van der Waals surface area contributed by atoms with Crippen molar-refractivity contribution in [2.24, 2.45) is 46.2 Å². The standard InChI is InChI=1S/C73H110N10O14S/c1-11-34-82(71(93)56(48(8)13-3)41-60(85)58-21-16-18-35-81(58)10)59(46(4)5)42-63(96-37-12-2)70-79-57(45-98-70)69(92)78-54(39-50-25-29-55(84)30-26-50)38-49(9)62(87)43-76-73(95)97-44-51-23-27-53(28-24-51)77-68(91)52(20-19-33-75-72(74)94)40-61(86)67(47(6)7)80-64(88)22-15-14-17-36-83-65(89)31-32-66(83)90/h23-32,46-49,52,54,56-59,63,67,84H,11-22,33-45H2,1-10H3,(H,76,95)(H,77,91)(H,78,92)(H,80,88)(H3,74,75,94)/t48-,49-,52-,54+,56-,57?,58+,59+,63+,67+/m0/s1. The van der Waals surface area contributed by atoms with Crippen molar-refractivity contribution in [3.8, 4) is 5.75 Å². The molecule has 0 saturated carbocycles. The Morgan fingerprint density at radius 3 is 2.12 bits per heavy atom. The van der Waals surface area contributed by atoms with E-state index < -0.39 is 60.0 Å². The smallest absolute Gasteiger partial charge is 0.407 e. The minimum Gasteiger partial charge on any atom is -0.508 e. The molecule has 3 aliphatic rings. The predicted octanol–water partition coefficient (Wildman–Crippen LogP) is 8.60. The summed E-state index contributed by atoms with van der Waals surface area (Å²) in [5.41, 5.74) is 7.01. The highest BCUT2D eigenvalue weighted by molar-refractivity contribution is 8.14. The first kappa shape index (κ1) is 81.2. The van der Waals surface area contributed by atoms with Crippen LogP contribution >= 0.6 is 11.8 Å². The molecule has 0 bridgehead atoms. The van der Waals surface area contributed by atoms with Gasteiger partial charge in [-0.25, -0.2) is 9.59 Å². The zero-order valence-electron chi connectivity index (χ0n) is 59.4. The number of nitrogens with zero attached hydrogens (tertiary/aromatic N) is 4. The van der Waals surface area contributed by atoms with Gasteiger partial charge < -0.3 is 51.8 Å². The van der Waals surface area contributed by atoms with E-state index in [1.54, 1.807) is 69.3 Å². The molecule has 25 heteroatoms. The highest BCUT2D eigenvalue weighted by atomic mass is 32.2. The van der Waals surface area contributed by atoms with Gasteiger partial charge in [-0.05, 0) is 131 Å². The van der Waals surface area contributed by atoms with Crippen LogP contribution < -0.4 is 32.3 Å². The molecule has 0 aromatic heterocycles. The Labute approximate surface area is 583 Å². The number of anilines is 1. The van der Waals surface area contributed by atoms with Crippen LogP contribution in [0.1, 0.15) is 176 Å². The van der Waals surface area contributed by atoms with Gasteiger partial charge in [0.1, 0.15) is 24.5 Å². The van der Waals surface area contributed by atoms with Crippen LogP contribution in [0.2, 0.25) is 0 Å². The number of carbonyl (C=O) groups is 11. The number of ketones is 3. The maximum absolute atomic E-state index is 15.0. The van der Waals surface area contributed by atoms with E-state index in [0.29, 0.717) is 73.7 Å². The molecule has 1 unspecified atom stereocenters. The Balaban J connectivity index is 1.16. The summed E-state index contributed by atoms with van der Waals surface area (Å²) in [6.07, 6.45) is 9.40. The number of likely N-dealkylation sites (N-methyl/N-ethyl adjacent to an activating group) is 1. The molecule has 1 saturated heterocycles. The quantitative estimate of drug-likeness (QED) is 0.0241. The topological polar surface area (TPSA) is 335 Å². The lowest BCUT2D eigenvalue weighted by molar-refractivity contribution is -0.144. The molecule has 3 heterocycles. The number of urea groups is 1. The number of piperidine rings is 1. The number of ether oxygens (including phenoxy) is 2. The first-order chi connectivity index (χ1) is 46.7. The highest BCUT2D eigenvalue weighted by Gasteiger charge is 2.40. The van der Waals surface area contributed by atoms with Gasteiger partial charge >= 0.3 is 12.1 Å². The number of phenols is 1. The molecule has 10 atom stereocenters. The van der Waals surface area contributed by atoms with Gasteiger partial charge in [-0.15, -0.1) is 11.8 Å². The van der Waals surface area contributed by atoms with Crippen molar-refractivity contribution >= 4 is 87.4 Å². The van der Waals surface area contributed by atoms with Crippen molar-refractivity contribution in [1.82, 2.24) is 36.0 Å². The number of hydrogen-bond donors (Lipinski definition) is 7. The number of alkyl carbamates (subject to hydrolysis) is 1. The maximum Gasteiger partial charge on any atom is 0.407 e. The molecular formula is C73H110N10O14S. The summed E-state index contributed by atoms with van der Waals surface area (Å²) in [6, 6.07) is 9.74. The summed E-state index contributed by atoms with van der Waals surface area (Å²) in [5.74, 6) is -4.18. The maximum atomic E-state index is 15.0. The van der Waals surface area contributed by atoms with Gasteiger partial charge in [0.25, 0.3) is 11.8 Å². The molecule has 0 aliphatic carbocycles. The van der Waals surface area contributed by atoms with E-state index in [0.717, 1.165) is 55.5 Å². The Kier molecular flexibility index (Phi) is 34.6. The number of aromatic hydroxyl groups is 1. The number of benzene rings is 2. The van der Waals surface area contributed by atoms with Gasteiger partial charge in [-0.1, -0.05) is 106 Å². The number of hydrogen-bond acceptors (Lipinski definition) is 17. The molecule has 3 aliphatic heterocycles. The molecule has 542 valence electrons. The first-order valence-electron chi connectivity index (χ1n) is 35.4. The average Bonchev–Trinajstić information content (AvgIpc) is 1.13. The number of likely N-dealkylation sites (tertiary alicyclic amines) is 1. The fourth-order valence-corrected chi connectivity index (χ4v) is 13.8. The number of aliphatic imine (C=N–C) groups is 1. The highest BCUT2D eigenvalue weighted by Crippen LogP contribution is 2.32. The second kappa shape index (κ2) is 41.8. The monoisotopic (exact) mass is 1380 g/mol. The lowest BCUT2D eigenvalue weighted by atomic mass is 9.82. The molecule has 8 N–H and O–H groups in total. The van der Waals surface area contributed by atoms with E-state index in [9.17, 15) is 57.8 Å². The van der Waals surface area contributed by atoms with Crippen molar-refractivity contribution in [3.63, 3.8) is 0 Å². The fraction of sp³-hybridized carbons (Fsp3) is 0.644. The SMILES string of the molecule is CCCO[C@H](C[C@H](C(C)C)N(CCC)C(=O)[C@@H](CC(=O)[C@H]1CCCCN1C)[C@@H](C)CC)C1=NC(C(=O)N[C@@H](Cc2ccc(O)cc2)C[C@H](C)C(=O)CNC(=O)OCc2ccc(NC(=O)[C@@H](CCCNC(N)=O)CC(=O)[C@H](NC(=O)CCCCCN3C(=O)C=CC3=O)C(C)C)cc2)CS1. The third kappa shape index (κ3) is 26.6. The Hall–Kier alpha value is -7.51. The van der Waals surface area contributed by atoms with Crippen LogP contribution in [0.25, 0.3) is 0 Å². The van der Waals surface area contributed by atoms with Gasteiger partial charge in [0.05, 0.1) is 23.7 Å². The van der Waals surface area contributed by atoms with Crippen molar-refractivity contribution in [1.29, 1.82) is 0 Å². The average molecular weight is 1380 g/mol. The van der Waals surface area contributed by atoms with Crippen LogP contribution in [0, 0.1) is 35.5 Å². The van der Waals surface area contributed by atoms with E-state index >= 15 is 0 Å². The van der Waals surface area contributed by atoms with Crippen molar-refractivity contribution in [2.75, 3.05) is 57.4 Å². The molecule has 0 spiro atoms. The zero-order valence-corrected chi connectivity index (χ0v) is 60.2. The first-order valence-corrected chi connectivity index (χ1v) is 36.4. The number of carbonyl (C=O) groups excluding carboxylic acids is 11. The van der Waals surface area contributed by atoms with Crippen molar-refractivity contribution in [2.45, 2.75) is 214 Å². The Morgan fingerprint density at radius 2 is 1.49 bits per heavy atom. The number of amides is 9.